The van der Waals surface area contributed by atoms with Gasteiger partial charge < -0.3 is 16.2 Å². The molecule has 0 spiro atoms. The van der Waals surface area contributed by atoms with Crippen LogP contribution in [-0.2, 0) is 11.2 Å². The van der Waals surface area contributed by atoms with E-state index in [4.69, 9.17) is 10.8 Å². The van der Waals surface area contributed by atoms with Crippen LogP contribution in [0.2, 0.25) is 0 Å². The lowest BCUT2D eigenvalue weighted by molar-refractivity contribution is -0.136. The molecule has 0 saturated heterocycles. The van der Waals surface area contributed by atoms with Gasteiger partial charge in [-0.3, -0.25) is 4.79 Å². The molecule has 14 heavy (non-hydrogen) atoms. The highest BCUT2D eigenvalue weighted by Crippen LogP contribution is 2.15. The number of carboxylic acid groups (broad SMARTS) is 1. The average molecular weight is 215 g/mol. The number of hydrogen-bond acceptors (Lipinski definition) is 5. The lowest BCUT2D eigenvalue weighted by Gasteiger charge is -1.98. The highest BCUT2D eigenvalue weighted by Gasteiger charge is 2.01. The summed E-state index contributed by atoms with van der Waals surface area (Å²) in [5.74, 6) is -0.809. The van der Waals surface area contributed by atoms with Crippen molar-refractivity contribution in [1.82, 2.24) is 4.98 Å². The fourth-order valence-electron chi connectivity index (χ4n) is 0.927. The van der Waals surface area contributed by atoms with Crippen LogP contribution in [0.3, 0.4) is 0 Å². The average Bonchev–Trinajstić information content (AvgIpc) is 2.53. The second kappa shape index (κ2) is 5.56. The maximum atomic E-state index is 10.2. The summed E-state index contributed by atoms with van der Waals surface area (Å²) in [4.78, 5) is 14.5. The van der Waals surface area contributed by atoms with Gasteiger partial charge in [0, 0.05) is 18.3 Å². The zero-order valence-corrected chi connectivity index (χ0v) is 8.51. The second-order valence-corrected chi connectivity index (χ2v) is 3.61. The zero-order valence-electron chi connectivity index (χ0n) is 7.69. The molecular formula is C8H13N3O2S. The van der Waals surface area contributed by atoms with E-state index >= 15 is 0 Å². The summed E-state index contributed by atoms with van der Waals surface area (Å²) in [5, 5.41) is 14.0. The molecule has 4 N–H and O–H groups in total. The third-order valence-corrected chi connectivity index (χ3v) is 2.42. The summed E-state index contributed by atoms with van der Waals surface area (Å²) in [5.41, 5.74) is 6.33. The molecule has 1 heterocycles. The van der Waals surface area contributed by atoms with E-state index < -0.39 is 5.97 Å². The molecular weight excluding hydrogens is 202 g/mol. The molecule has 5 nitrogen and oxygen atoms in total. The number of nitrogens with zero attached hydrogens (tertiary/aromatic N) is 1. The quantitative estimate of drug-likeness (QED) is 0.644. The van der Waals surface area contributed by atoms with Gasteiger partial charge in [0.2, 0.25) is 0 Å². The standard InChI is InChI=1S/C8H13N3O2S/c9-3-1-6-5-14-8(11-6)10-4-2-7(12)13/h5H,1-4,9H2,(H,10,11)(H,12,13). The molecule has 6 heteroatoms. The Labute approximate surface area is 86.0 Å². The molecule has 0 amide bonds. The number of nitrogens with one attached hydrogen (secondary N) is 1. The van der Waals surface area contributed by atoms with Crippen LogP contribution < -0.4 is 11.1 Å². The van der Waals surface area contributed by atoms with Gasteiger partial charge in [-0.05, 0) is 6.54 Å². The number of hydrogen-bond donors (Lipinski definition) is 3. The van der Waals surface area contributed by atoms with Gasteiger partial charge in [0.1, 0.15) is 0 Å². The lowest BCUT2D eigenvalue weighted by Crippen LogP contribution is -2.07. The minimum atomic E-state index is -0.809. The number of aliphatic carboxylic acids is 1. The van der Waals surface area contributed by atoms with Crippen LogP contribution in [0, 0.1) is 0 Å². The molecule has 0 unspecified atom stereocenters. The van der Waals surface area contributed by atoms with E-state index in [2.05, 4.69) is 10.3 Å². The predicted molar refractivity (Wildman–Crippen MR) is 55.6 cm³/mol. The van der Waals surface area contributed by atoms with Crippen molar-refractivity contribution in [2.45, 2.75) is 12.8 Å². The minimum Gasteiger partial charge on any atom is -0.481 e. The Kier molecular flexibility index (Phi) is 4.34. The van der Waals surface area contributed by atoms with E-state index in [1.807, 2.05) is 5.38 Å². The Morgan fingerprint density at radius 3 is 3.14 bits per heavy atom. The number of rotatable bonds is 6. The van der Waals surface area contributed by atoms with Crippen molar-refractivity contribution in [2.24, 2.45) is 5.73 Å². The number of nitrogens with two attached hydrogens (primary N) is 1. The topological polar surface area (TPSA) is 88.2 Å². The third-order valence-electron chi connectivity index (χ3n) is 1.57. The molecule has 0 fully saturated rings. The summed E-state index contributed by atoms with van der Waals surface area (Å²) in [7, 11) is 0. The molecule has 0 saturated carbocycles. The smallest absolute Gasteiger partial charge is 0.305 e. The molecule has 78 valence electrons. The summed E-state index contributed by atoms with van der Waals surface area (Å²) < 4.78 is 0. The molecule has 0 aliphatic rings. The highest BCUT2D eigenvalue weighted by molar-refractivity contribution is 7.13. The highest BCUT2D eigenvalue weighted by atomic mass is 32.1. The van der Waals surface area contributed by atoms with E-state index in [0.29, 0.717) is 13.1 Å². The predicted octanol–water partition coefficient (Wildman–Crippen LogP) is 0.531. The van der Waals surface area contributed by atoms with Crippen molar-refractivity contribution >= 4 is 22.4 Å². The first-order valence-corrected chi connectivity index (χ1v) is 5.20. The monoisotopic (exact) mass is 215 g/mol. The molecule has 0 aromatic carbocycles. The fraction of sp³-hybridized carbons (Fsp3) is 0.500. The van der Waals surface area contributed by atoms with E-state index in [1.54, 1.807) is 0 Å². The van der Waals surface area contributed by atoms with Gasteiger partial charge >= 0.3 is 5.97 Å². The second-order valence-electron chi connectivity index (χ2n) is 2.75. The van der Waals surface area contributed by atoms with E-state index in [-0.39, 0.29) is 6.42 Å². The van der Waals surface area contributed by atoms with Gasteiger partial charge in [0.15, 0.2) is 5.13 Å². The summed E-state index contributed by atoms with van der Waals surface area (Å²) >= 11 is 1.47. The lowest BCUT2D eigenvalue weighted by atomic mass is 10.3. The Bertz CT molecular complexity index is 301. The molecule has 1 aromatic rings. The summed E-state index contributed by atoms with van der Waals surface area (Å²) in [6.07, 6.45) is 0.864. The first-order valence-electron chi connectivity index (χ1n) is 4.32. The van der Waals surface area contributed by atoms with E-state index in [1.165, 1.54) is 11.3 Å². The number of carbonyl (C=O) groups is 1. The van der Waals surface area contributed by atoms with Crippen LogP contribution in [0.4, 0.5) is 5.13 Å². The van der Waals surface area contributed by atoms with Gasteiger partial charge in [0.05, 0.1) is 12.1 Å². The molecule has 1 aromatic heterocycles. The molecule has 1 rings (SSSR count). The van der Waals surface area contributed by atoms with Gasteiger partial charge in [0.25, 0.3) is 0 Å². The van der Waals surface area contributed by atoms with Gasteiger partial charge in [-0.15, -0.1) is 11.3 Å². The van der Waals surface area contributed by atoms with Crippen molar-refractivity contribution in [3.05, 3.63) is 11.1 Å². The Morgan fingerprint density at radius 1 is 1.71 bits per heavy atom. The van der Waals surface area contributed by atoms with Gasteiger partial charge in [-0.2, -0.15) is 0 Å². The first-order chi connectivity index (χ1) is 6.72. The summed E-state index contributed by atoms with van der Waals surface area (Å²) in [6, 6.07) is 0. The van der Waals surface area contributed by atoms with Crippen LogP contribution >= 0.6 is 11.3 Å². The largest absolute Gasteiger partial charge is 0.481 e. The zero-order chi connectivity index (χ0) is 10.4. The van der Waals surface area contributed by atoms with Crippen LogP contribution in [0.25, 0.3) is 0 Å². The van der Waals surface area contributed by atoms with Crippen LogP contribution in [-0.4, -0.2) is 29.1 Å². The van der Waals surface area contributed by atoms with Gasteiger partial charge in [-0.25, -0.2) is 4.98 Å². The number of aromatic nitrogens is 1. The molecule has 0 atom stereocenters. The SMILES string of the molecule is NCCc1csc(NCCC(=O)O)n1. The van der Waals surface area contributed by atoms with Gasteiger partial charge in [-0.1, -0.05) is 0 Å². The normalized spacial score (nSPS) is 10.1. The van der Waals surface area contributed by atoms with Crippen molar-refractivity contribution in [3.63, 3.8) is 0 Å². The number of thiazole rings is 1. The minimum absolute atomic E-state index is 0.103. The maximum Gasteiger partial charge on any atom is 0.305 e. The Balaban J connectivity index is 2.32. The van der Waals surface area contributed by atoms with E-state index in [0.717, 1.165) is 17.2 Å². The van der Waals surface area contributed by atoms with Crippen molar-refractivity contribution < 1.29 is 9.90 Å². The van der Waals surface area contributed by atoms with Crippen molar-refractivity contribution in [1.29, 1.82) is 0 Å². The molecule has 0 aliphatic carbocycles. The number of anilines is 1. The maximum absolute atomic E-state index is 10.2. The van der Waals surface area contributed by atoms with Crippen LogP contribution in [0.5, 0.6) is 0 Å². The third kappa shape index (κ3) is 3.71. The van der Waals surface area contributed by atoms with Crippen molar-refractivity contribution in [3.8, 4) is 0 Å². The Morgan fingerprint density at radius 2 is 2.50 bits per heavy atom. The fourth-order valence-corrected chi connectivity index (χ4v) is 1.70. The van der Waals surface area contributed by atoms with E-state index in [9.17, 15) is 4.79 Å². The molecule has 0 radical (unpaired) electrons. The molecule has 0 bridgehead atoms. The van der Waals surface area contributed by atoms with Crippen LogP contribution in [0.1, 0.15) is 12.1 Å². The van der Waals surface area contributed by atoms with Crippen LogP contribution in [0.15, 0.2) is 5.38 Å². The van der Waals surface area contributed by atoms with Crippen molar-refractivity contribution in [2.75, 3.05) is 18.4 Å². The first kappa shape index (κ1) is 10.9. The molecule has 0 aliphatic heterocycles. The number of carboxylic acids is 1. The summed E-state index contributed by atoms with van der Waals surface area (Å²) in [6.45, 7) is 0.989. The Hall–Kier alpha value is -1.14.